The SMILES string of the molecule is CCCC/C(CCc1ccccc1)=N\OCc1ccccc1. The summed E-state index contributed by atoms with van der Waals surface area (Å²) in [5.41, 5.74) is 3.68. The second-order valence-corrected chi connectivity index (χ2v) is 5.51. The van der Waals surface area contributed by atoms with Gasteiger partial charge < -0.3 is 4.84 Å². The summed E-state index contributed by atoms with van der Waals surface area (Å²) in [6.07, 6.45) is 5.38. The normalized spacial score (nSPS) is 11.4. The lowest BCUT2D eigenvalue weighted by molar-refractivity contribution is 0.129. The Kier molecular flexibility index (Phi) is 7.24. The van der Waals surface area contributed by atoms with Gasteiger partial charge in [-0.25, -0.2) is 0 Å². The number of unbranched alkanes of at least 4 members (excludes halogenated alkanes) is 1. The average Bonchev–Trinajstić information content (AvgIpc) is 2.58. The van der Waals surface area contributed by atoms with Crippen molar-refractivity contribution in [1.82, 2.24) is 0 Å². The van der Waals surface area contributed by atoms with Crippen LogP contribution in [-0.4, -0.2) is 5.71 Å². The molecule has 0 amide bonds. The Labute approximate surface area is 133 Å². The van der Waals surface area contributed by atoms with Gasteiger partial charge in [-0.3, -0.25) is 0 Å². The third-order valence-corrected chi connectivity index (χ3v) is 3.63. The summed E-state index contributed by atoms with van der Waals surface area (Å²) in [4.78, 5) is 5.56. The summed E-state index contributed by atoms with van der Waals surface area (Å²) in [5, 5.41) is 4.39. The van der Waals surface area contributed by atoms with E-state index >= 15 is 0 Å². The molecule has 2 heteroatoms. The third-order valence-electron chi connectivity index (χ3n) is 3.63. The first-order valence-corrected chi connectivity index (χ1v) is 8.14. The highest BCUT2D eigenvalue weighted by atomic mass is 16.6. The van der Waals surface area contributed by atoms with Crippen molar-refractivity contribution in [2.75, 3.05) is 0 Å². The first kappa shape index (κ1) is 16.3. The molecule has 0 spiro atoms. The minimum absolute atomic E-state index is 0.543. The van der Waals surface area contributed by atoms with Crippen LogP contribution in [0.2, 0.25) is 0 Å². The minimum atomic E-state index is 0.543. The molecule has 22 heavy (non-hydrogen) atoms. The molecular formula is C20H25NO. The van der Waals surface area contributed by atoms with E-state index in [0.717, 1.165) is 24.8 Å². The van der Waals surface area contributed by atoms with Crippen molar-refractivity contribution in [2.24, 2.45) is 5.16 Å². The van der Waals surface area contributed by atoms with E-state index < -0.39 is 0 Å². The first-order valence-electron chi connectivity index (χ1n) is 8.14. The Bertz CT molecular complexity index is 548. The molecule has 0 heterocycles. The Morgan fingerprint density at radius 1 is 0.864 bits per heavy atom. The van der Waals surface area contributed by atoms with Crippen LogP contribution in [0, 0.1) is 0 Å². The lowest BCUT2D eigenvalue weighted by Gasteiger charge is -2.07. The van der Waals surface area contributed by atoms with Gasteiger partial charge in [0.15, 0.2) is 0 Å². The fourth-order valence-corrected chi connectivity index (χ4v) is 2.30. The molecule has 0 radical (unpaired) electrons. The molecule has 0 aliphatic carbocycles. The van der Waals surface area contributed by atoms with Crippen molar-refractivity contribution in [3.05, 3.63) is 71.8 Å². The maximum Gasteiger partial charge on any atom is 0.142 e. The maximum atomic E-state index is 5.56. The number of hydrogen-bond donors (Lipinski definition) is 0. The van der Waals surface area contributed by atoms with Crippen LogP contribution in [0.5, 0.6) is 0 Å². The van der Waals surface area contributed by atoms with Crippen molar-refractivity contribution in [3.63, 3.8) is 0 Å². The van der Waals surface area contributed by atoms with Gasteiger partial charge in [0.25, 0.3) is 0 Å². The zero-order valence-electron chi connectivity index (χ0n) is 13.4. The number of oxime groups is 1. The van der Waals surface area contributed by atoms with Gasteiger partial charge in [0.2, 0.25) is 0 Å². The molecule has 0 bridgehead atoms. The molecule has 0 N–H and O–H groups in total. The molecule has 2 aromatic rings. The molecular weight excluding hydrogens is 270 g/mol. The molecule has 116 valence electrons. The number of aryl methyl sites for hydroxylation is 1. The zero-order chi connectivity index (χ0) is 15.5. The van der Waals surface area contributed by atoms with Crippen LogP contribution < -0.4 is 0 Å². The Hall–Kier alpha value is -2.09. The van der Waals surface area contributed by atoms with E-state index in [1.165, 1.54) is 24.1 Å². The molecule has 2 rings (SSSR count). The van der Waals surface area contributed by atoms with E-state index in [1.54, 1.807) is 0 Å². The van der Waals surface area contributed by atoms with Crippen molar-refractivity contribution in [1.29, 1.82) is 0 Å². The molecule has 0 saturated carbocycles. The number of nitrogens with zero attached hydrogens (tertiary/aromatic N) is 1. The second kappa shape index (κ2) is 9.78. The summed E-state index contributed by atoms with van der Waals surface area (Å²) in [6, 6.07) is 20.7. The smallest absolute Gasteiger partial charge is 0.142 e. The van der Waals surface area contributed by atoms with Gasteiger partial charge in [-0.2, -0.15) is 0 Å². The number of hydrogen-bond acceptors (Lipinski definition) is 2. The zero-order valence-corrected chi connectivity index (χ0v) is 13.4. The highest BCUT2D eigenvalue weighted by Gasteiger charge is 2.02. The van der Waals surface area contributed by atoms with E-state index in [1.807, 2.05) is 18.2 Å². The van der Waals surface area contributed by atoms with Gasteiger partial charge >= 0.3 is 0 Å². The molecule has 0 unspecified atom stereocenters. The van der Waals surface area contributed by atoms with Crippen LogP contribution >= 0.6 is 0 Å². The summed E-state index contributed by atoms with van der Waals surface area (Å²) in [7, 11) is 0. The summed E-state index contributed by atoms with van der Waals surface area (Å²) in [6.45, 7) is 2.75. The lowest BCUT2D eigenvalue weighted by Crippen LogP contribution is -2.02. The van der Waals surface area contributed by atoms with Crippen LogP contribution in [0.4, 0.5) is 0 Å². The fraction of sp³-hybridized carbons (Fsp3) is 0.350. The van der Waals surface area contributed by atoms with E-state index in [-0.39, 0.29) is 0 Å². The average molecular weight is 295 g/mol. The van der Waals surface area contributed by atoms with Crippen LogP contribution in [0.15, 0.2) is 65.8 Å². The molecule has 2 nitrogen and oxygen atoms in total. The van der Waals surface area contributed by atoms with E-state index in [2.05, 4.69) is 54.5 Å². The van der Waals surface area contributed by atoms with Gasteiger partial charge in [0, 0.05) is 0 Å². The number of rotatable bonds is 9. The molecule has 0 atom stereocenters. The van der Waals surface area contributed by atoms with E-state index in [4.69, 9.17) is 4.84 Å². The van der Waals surface area contributed by atoms with Crippen molar-refractivity contribution in [2.45, 2.75) is 45.6 Å². The van der Waals surface area contributed by atoms with Gasteiger partial charge in [-0.05, 0) is 36.8 Å². The molecule has 0 saturated heterocycles. The topological polar surface area (TPSA) is 21.6 Å². The molecule has 0 fully saturated rings. The summed E-state index contributed by atoms with van der Waals surface area (Å²) < 4.78 is 0. The minimum Gasteiger partial charge on any atom is -0.391 e. The van der Waals surface area contributed by atoms with Crippen LogP contribution in [-0.2, 0) is 17.9 Å². The second-order valence-electron chi connectivity index (χ2n) is 5.51. The van der Waals surface area contributed by atoms with Gasteiger partial charge in [0.1, 0.15) is 6.61 Å². The van der Waals surface area contributed by atoms with E-state index in [9.17, 15) is 0 Å². The van der Waals surface area contributed by atoms with Crippen LogP contribution in [0.25, 0.3) is 0 Å². The molecule has 0 aliphatic heterocycles. The number of benzene rings is 2. The highest BCUT2D eigenvalue weighted by Crippen LogP contribution is 2.09. The summed E-state index contributed by atoms with van der Waals surface area (Å²) >= 11 is 0. The lowest BCUT2D eigenvalue weighted by atomic mass is 10.0. The van der Waals surface area contributed by atoms with Crippen LogP contribution in [0.1, 0.15) is 43.7 Å². The molecule has 0 aromatic heterocycles. The monoisotopic (exact) mass is 295 g/mol. The van der Waals surface area contributed by atoms with Crippen LogP contribution in [0.3, 0.4) is 0 Å². The van der Waals surface area contributed by atoms with Crippen molar-refractivity contribution >= 4 is 5.71 Å². The quantitative estimate of drug-likeness (QED) is 0.449. The van der Waals surface area contributed by atoms with Gasteiger partial charge in [-0.15, -0.1) is 0 Å². The third kappa shape index (κ3) is 6.13. The Morgan fingerprint density at radius 3 is 2.14 bits per heavy atom. The van der Waals surface area contributed by atoms with Crippen molar-refractivity contribution < 1.29 is 4.84 Å². The standard InChI is InChI=1S/C20H25NO/c1-2-3-14-20(16-15-18-10-6-4-7-11-18)21-22-17-19-12-8-5-9-13-19/h4-13H,2-3,14-17H2,1H3/b21-20+. The largest absolute Gasteiger partial charge is 0.391 e. The van der Waals surface area contributed by atoms with Crippen molar-refractivity contribution in [3.8, 4) is 0 Å². The highest BCUT2D eigenvalue weighted by molar-refractivity contribution is 5.84. The summed E-state index contributed by atoms with van der Waals surface area (Å²) in [5.74, 6) is 0. The fourth-order valence-electron chi connectivity index (χ4n) is 2.30. The maximum absolute atomic E-state index is 5.56. The van der Waals surface area contributed by atoms with E-state index in [0.29, 0.717) is 6.61 Å². The molecule has 2 aromatic carbocycles. The predicted molar refractivity (Wildman–Crippen MR) is 93.0 cm³/mol. The Morgan fingerprint density at radius 2 is 1.50 bits per heavy atom. The predicted octanol–water partition coefficient (Wildman–Crippen LogP) is 5.38. The van der Waals surface area contributed by atoms with Gasteiger partial charge in [0.05, 0.1) is 5.71 Å². The Balaban J connectivity index is 1.85. The molecule has 0 aliphatic rings. The van der Waals surface area contributed by atoms with Gasteiger partial charge in [-0.1, -0.05) is 79.2 Å². The first-order chi connectivity index (χ1) is 10.9.